The topological polar surface area (TPSA) is 17.1 Å². The Balaban J connectivity index is 5.10. The van der Waals surface area contributed by atoms with Gasteiger partial charge in [-0.25, -0.2) is 0 Å². The van der Waals surface area contributed by atoms with Crippen LogP contribution in [0, 0.1) is 0 Å². The van der Waals surface area contributed by atoms with Crippen LogP contribution in [0.1, 0.15) is 40.0 Å². The number of rotatable bonds is 5. The Kier molecular flexibility index (Phi) is 6.08. The molecular formula is C12H17F3O. The molecule has 1 nitrogen and oxygen atoms in total. The first-order valence-corrected chi connectivity index (χ1v) is 5.28. The first kappa shape index (κ1) is 14.9. The summed E-state index contributed by atoms with van der Waals surface area (Å²) < 4.78 is 38.1. The number of ketones is 1. The molecule has 0 spiro atoms. The summed E-state index contributed by atoms with van der Waals surface area (Å²) in [5, 5.41) is 0. The van der Waals surface area contributed by atoms with Crippen LogP contribution in [-0.4, -0.2) is 12.0 Å². The summed E-state index contributed by atoms with van der Waals surface area (Å²) in [5.74, 6) is -0.580. The van der Waals surface area contributed by atoms with E-state index in [2.05, 4.69) is 0 Å². The minimum atomic E-state index is -4.46. The minimum absolute atomic E-state index is 0.199. The SMILES string of the molecule is C/C=C(CCCC)\C(=C/C(C)=O)C(F)(F)F. The van der Waals surface area contributed by atoms with Crippen LogP contribution in [0.2, 0.25) is 0 Å². The number of allylic oxidation sites excluding steroid dienone is 4. The first-order chi connectivity index (χ1) is 7.32. The third-order valence-corrected chi connectivity index (χ3v) is 2.15. The van der Waals surface area contributed by atoms with Gasteiger partial charge in [0.1, 0.15) is 0 Å². The van der Waals surface area contributed by atoms with Crippen molar-refractivity contribution in [2.24, 2.45) is 0 Å². The summed E-state index contributed by atoms with van der Waals surface area (Å²) in [6.07, 6.45) is -0.497. The number of unbranched alkanes of at least 4 members (excludes halogenated alkanes) is 1. The minimum Gasteiger partial charge on any atom is -0.295 e. The van der Waals surface area contributed by atoms with Gasteiger partial charge in [0.05, 0.1) is 5.57 Å². The van der Waals surface area contributed by atoms with Gasteiger partial charge in [-0.15, -0.1) is 0 Å². The maximum Gasteiger partial charge on any atom is 0.416 e. The van der Waals surface area contributed by atoms with Crippen molar-refractivity contribution < 1.29 is 18.0 Å². The molecule has 16 heavy (non-hydrogen) atoms. The summed E-state index contributed by atoms with van der Waals surface area (Å²) >= 11 is 0. The quantitative estimate of drug-likeness (QED) is 0.514. The summed E-state index contributed by atoms with van der Waals surface area (Å²) in [4.78, 5) is 10.8. The van der Waals surface area contributed by atoms with Crippen molar-refractivity contribution >= 4 is 5.78 Å². The molecule has 0 radical (unpaired) electrons. The normalized spacial score (nSPS) is 14.1. The lowest BCUT2D eigenvalue weighted by molar-refractivity contribution is -0.114. The van der Waals surface area contributed by atoms with Gasteiger partial charge in [0, 0.05) is 0 Å². The zero-order valence-electron chi connectivity index (χ0n) is 9.82. The largest absolute Gasteiger partial charge is 0.416 e. The van der Waals surface area contributed by atoms with Crippen molar-refractivity contribution in [1.82, 2.24) is 0 Å². The molecule has 0 aromatic heterocycles. The van der Waals surface area contributed by atoms with Crippen LogP contribution in [0.5, 0.6) is 0 Å². The van der Waals surface area contributed by atoms with Crippen molar-refractivity contribution in [2.45, 2.75) is 46.2 Å². The number of alkyl halides is 3. The Morgan fingerprint density at radius 3 is 2.19 bits per heavy atom. The molecule has 0 saturated heterocycles. The maximum atomic E-state index is 12.7. The molecule has 0 N–H and O–H groups in total. The van der Waals surface area contributed by atoms with Gasteiger partial charge >= 0.3 is 6.18 Å². The van der Waals surface area contributed by atoms with Gasteiger partial charge in [0.25, 0.3) is 0 Å². The zero-order chi connectivity index (χ0) is 12.8. The number of hydrogen-bond donors (Lipinski definition) is 0. The fourth-order valence-electron chi connectivity index (χ4n) is 1.36. The van der Waals surface area contributed by atoms with Crippen molar-refractivity contribution in [2.75, 3.05) is 0 Å². The molecule has 0 bridgehead atoms. The molecule has 0 amide bonds. The predicted octanol–water partition coefficient (Wildman–Crippen LogP) is 4.20. The van der Waals surface area contributed by atoms with E-state index < -0.39 is 17.5 Å². The fraction of sp³-hybridized carbons (Fsp3) is 0.583. The van der Waals surface area contributed by atoms with E-state index in [4.69, 9.17) is 0 Å². The van der Waals surface area contributed by atoms with E-state index in [-0.39, 0.29) is 5.57 Å². The van der Waals surface area contributed by atoms with Crippen LogP contribution >= 0.6 is 0 Å². The summed E-state index contributed by atoms with van der Waals surface area (Å²) in [6.45, 7) is 4.60. The highest BCUT2D eigenvalue weighted by atomic mass is 19.4. The molecule has 0 aliphatic carbocycles. The van der Waals surface area contributed by atoms with Gasteiger partial charge in [0.2, 0.25) is 0 Å². The van der Waals surface area contributed by atoms with Crippen molar-refractivity contribution in [1.29, 1.82) is 0 Å². The monoisotopic (exact) mass is 234 g/mol. The summed E-state index contributed by atoms with van der Waals surface area (Å²) in [5.41, 5.74) is -0.611. The van der Waals surface area contributed by atoms with E-state index >= 15 is 0 Å². The van der Waals surface area contributed by atoms with Crippen LogP contribution < -0.4 is 0 Å². The highest BCUT2D eigenvalue weighted by Crippen LogP contribution is 2.33. The molecule has 0 heterocycles. The van der Waals surface area contributed by atoms with E-state index in [1.165, 1.54) is 6.08 Å². The zero-order valence-corrected chi connectivity index (χ0v) is 9.82. The lowest BCUT2D eigenvalue weighted by Crippen LogP contribution is -2.15. The Morgan fingerprint density at radius 2 is 1.88 bits per heavy atom. The Hall–Kier alpha value is -1.06. The van der Waals surface area contributed by atoms with Crippen molar-refractivity contribution in [3.63, 3.8) is 0 Å². The molecule has 92 valence electrons. The molecule has 0 fully saturated rings. The summed E-state index contributed by atoms with van der Waals surface area (Å²) in [6, 6.07) is 0. The maximum absolute atomic E-state index is 12.7. The average Bonchev–Trinajstić information content (AvgIpc) is 2.15. The van der Waals surface area contributed by atoms with Crippen molar-refractivity contribution in [3.8, 4) is 0 Å². The summed E-state index contributed by atoms with van der Waals surface area (Å²) in [7, 11) is 0. The third-order valence-electron chi connectivity index (χ3n) is 2.15. The van der Waals surface area contributed by atoms with E-state index in [1.54, 1.807) is 6.92 Å². The Labute approximate surface area is 94.0 Å². The highest BCUT2D eigenvalue weighted by Gasteiger charge is 2.35. The second-order valence-corrected chi connectivity index (χ2v) is 3.58. The highest BCUT2D eigenvalue weighted by molar-refractivity contribution is 5.89. The molecule has 0 unspecified atom stereocenters. The molecule has 0 aromatic rings. The number of hydrogen-bond acceptors (Lipinski definition) is 1. The van der Waals surface area contributed by atoms with Gasteiger partial charge in [-0.2, -0.15) is 13.2 Å². The molecule has 0 aliphatic heterocycles. The molecule has 0 aliphatic rings. The van der Waals surface area contributed by atoms with Crippen LogP contribution in [0.15, 0.2) is 23.3 Å². The average molecular weight is 234 g/mol. The van der Waals surface area contributed by atoms with Gasteiger partial charge in [-0.3, -0.25) is 4.79 Å². The lowest BCUT2D eigenvalue weighted by Gasteiger charge is -2.14. The molecule has 0 saturated carbocycles. The van der Waals surface area contributed by atoms with Gasteiger partial charge < -0.3 is 0 Å². The molecule has 4 heteroatoms. The van der Waals surface area contributed by atoms with E-state index in [1.807, 2.05) is 6.92 Å². The van der Waals surface area contributed by atoms with Crippen LogP contribution in [0.25, 0.3) is 0 Å². The predicted molar refractivity (Wildman–Crippen MR) is 58.1 cm³/mol. The van der Waals surface area contributed by atoms with E-state index in [0.717, 1.165) is 13.3 Å². The van der Waals surface area contributed by atoms with Crippen molar-refractivity contribution in [3.05, 3.63) is 23.3 Å². The Morgan fingerprint density at radius 1 is 1.31 bits per heavy atom. The number of carbonyl (C=O) groups is 1. The molecular weight excluding hydrogens is 217 g/mol. The lowest BCUT2D eigenvalue weighted by atomic mass is 9.98. The smallest absolute Gasteiger partial charge is 0.295 e. The van der Waals surface area contributed by atoms with Crippen LogP contribution in [-0.2, 0) is 4.79 Å². The third kappa shape index (κ3) is 5.14. The van der Waals surface area contributed by atoms with E-state index in [0.29, 0.717) is 18.9 Å². The van der Waals surface area contributed by atoms with E-state index in [9.17, 15) is 18.0 Å². The standard InChI is InChI=1S/C12H17F3O/c1-4-6-7-10(5-2)11(8-9(3)16)12(13,14)15/h5,8H,4,6-7H2,1-3H3/b10-5-,11-8+. The van der Waals surface area contributed by atoms with Crippen LogP contribution in [0.4, 0.5) is 13.2 Å². The number of carbonyl (C=O) groups excluding carboxylic acids is 1. The molecule has 0 rings (SSSR count). The second-order valence-electron chi connectivity index (χ2n) is 3.58. The van der Waals surface area contributed by atoms with Gasteiger partial charge in [-0.05, 0) is 38.3 Å². The first-order valence-electron chi connectivity index (χ1n) is 5.28. The van der Waals surface area contributed by atoms with Crippen LogP contribution in [0.3, 0.4) is 0 Å². The van der Waals surface area contributed by atoms with Gasteiger partial charge in [0.15, 0.2) is 5.78 Å². The number of halogens is 3. The second kappa shape index (κ2) is 6.51. The molecule has 0 atom stereocenters. The Bertz CT molecular complexity index is 298. The fourth-order valence-corrected chi connectivity index (χ4v) is 1.36. The van der Waals surface area contributed by atoms with Gasteiger partial charge in [-0.1, -0.05) is 19.4 Å². The molecule has 0 aromatic carbocycles.